The number of carbonyl (C=O) groups excluding carboxylic acids is 1. The molecule has 10 heavy (non-hydrogen) atoms. The highest BCUT2D eigenvalue weighted by Gasteiger charge is 1.85. The molecule has 0 aliphatic carbocycles. The van der Waals surface area contributed by atoms with Crippen molar-refractivity contribution in [2.75, 3.05) is 0 Å². The summed E-state index contributed by atoms with van der Waals surface area (Å²) in [6.45, 7) is 1.99. The fourth-order valence-electron chi connectivity index (χ4n) is 0.645. The molecule has 1 aromatic rings. The molecule has 0 spiro atoms. The molecule has 2 heteroatoms. The molecule has 0 saturated heterocycles. The number of carbonyl (C=O) groups is 1. The predicted octanol–water partition coefficient (Wildman–Crippen LogP) is 0.983. The SMILES string of the molecule is Cc1ccc(C=O)cc1.O. The van der Waals surface area contributed by atoms with E-state index in [0.717, 1.165) is 11.8 Å². The van der Waals surface area contributed by atoms with Crippen LogP contribution in [0.25, 0.3) is 0 Å². The van der Waals surface area contributed by atoms with Crippen molar-refractivity contribution in [3.63, 3.8) is 0 Å². The van der Waals surface area contributed by atoms with Crippen molar-refractivity contribution in [3.05, 3.63) is 35.4 Å². The number of aryl methyl sites for hydroxylation is 1. The summed E-state index contributed by atoms with van der Waals surface area (Å²) in [5.41, 5.74) is 1.92. The van der Waals surface area contributed by atoms with E-state index in [2.05, 4.69) is 0 Å². The Morgan fingerprint density at radius 3 is 2.10 bits per heavy atom. The van der Waals surface area contributed by atoms with E-state index in [4.69, 9.17) is 0 Å². The molecule has 0 amide bonds. The molecule has 0 fully saturated rings. The van der Waals surface area contributed by atoms with Crippen molar-refractivity contribution in [1.82, 2.24) is 0 Å². The zero-order chi connectivity index (χ0) is 6.69. The van der Waals surface area contributed by atoms with E-state index in [0.29, 0.717) is 0 Å². The van der Waals surface area contributed by atoms with E-state index in [1.807, 2.05) is 31.2 Å². The molecule has 0 radical (unpaired) electrons. The van der Waals surface area contributed by atoms with Gasteiger partial charge in [-0.1, -0.05) is 29.8 Å². The first kappa shape index (κ1) is 8.85. The van der Waals surface area contributed by atoms with Gasteiger partial charge in [-0.2, -0.15) is 0 Å². The third-order valence-corrected chi connectivity index (χ3v) is 1.21. The van der Waals surface area contributed by atoms with Gasteiger partial charge in [0, 0.05) is 5.56 Å². The molecule has 2 N–H and O–H groups in total. The molecule has 0 heterocycles. The average Bonchev–Trinajstić information content (AvgIpc) is 1.90. The Hall–Kier alpha value is -1.15. The molecule has 0 unspecified atom stereocenters. The average molecular weight is 138 g/mol. The van der Waals surface area contributed by atoms with Crippen LogP contribution in [0.2, 0.25) is 0 Å². The van der Waals surface area contributed by atoms with Gasteiger partial charge < -0.3 is 5.48 Å². The fourth-order valence-corrected chi connectivity index (χ4v) is 0.645. The minimum absolute atomic E-state index is 0. The van der Waals surface area contributed by atoms with Crippen LogP contribution in [0.4, 0.5) is 0 Å². The van der Waals surface area contributed by atoms with Crippen LogP contribution in [0, 0.1) is 6.92 Å². The van der Waals surface area contributed by atoms with Crippen LogP contribution in [-0.4, -0.2) is 11.8 Å². The first-order chi connectivity index (χ1) is 4.33. The minimum Gasteiger partial charge on any atom is -0.412 e. The lowest BCUT2D eigenvalue weighted by Gasteiger charge is -1.89. The third kappa shape index (κ3) is 1.99. The Morgan fingerprint density at radius 2 is 1.70 bits per heavy atom. The minimum atomic E-state index is 0. The van der Waals surface area contributed by atoms with Crippen molar-refractivity contribution in [2.45, 2.75) is 6.92 Å². The van der Waals surface area contributed by atoms with Crippen molar-refractivity contribution >= 4 is 6.29 Å². The monoisotopic (exact) mass is 138 g/mol. The van der Waals surface area contributed by atoms with Crippen LogP contribution in [-0.2, 0) is 0 Å². The van der Waals surface area contributed by atoms with Crippen LogP contribution in [0.3, 0.4) is 0 Å². The largest absolute Gasteiger partial charge is 0.412 e. The van der Waals surface area contributed by atoms with Gasteiger partial charge >= 0.3 is 0 Å². The van der Waals surface area contributed by atoms with Gasteiger partial charge in [-0.25, -0.2) is 0 Å². The molecule has 1 rings (SSSR count). The molecule has 0 bridgehead atoms. The normalized spacial score (nSPS) is 8.10. The highest BCUT2D eigenvalue weighted by Crippen LogP contribution is 1.98. The zero-order valence-electron chi connectivity index (χ0n) is 5.79. The van der Waals surface area contributed by atoms with Crippen LogP contribution in [0.1, 0.15) is 15.9 Å². The number of hydrogen-bond acceptors (Lipinski definition) is 1. The molecule has 2 nitrogen and oxygen atoms in total. The second-order valence-corrected chi connectivity index (χ2v) is 2.03. The van der Waals surface area contributed by atoms with Gasteiger partial charge in [0.1, 0.15) is 6.29 Å². The van der Waals surface area contributed by atoms with Gasteiger partial charge in [-0.15, -0.1) is 0 Å². The third-order valence-electron chi connectivity index (χ3n) is 1.21. The molecule has 0 aliphatic rings. The van der Waals surface area contributed by atoms with Gasteiger partial charge in [0.15, 0.2) is 0 Å². The summed E-state index contributed by atoms with van der Waals surface area (Å²) < 4.78 is 0. The van der Waals surface area contributed by atoms with E-state index in [-0.39, 0.29) is 5.48 Å². The lowest BCUT2D eigenvalue weighted by Crippen LogP contribution is -1.77. The van der Waals surface area contributed by atoms with E-state index in [1.165, 1.54) is 5.56 Å². The lowest BCUT2D eigenvalue weighted by atomic mass is 10.2. The summed E-state index contributed by atoms with van der Waals surface area (Å²) in [5, 5.41) is 0. The van der Waals surface area contributed by atoms with Crippen LogP contribution >= 0.6 is 0 Å². The van der Waals surface area contributed by atoms with Gasteiger partial charge in [0.05, 0.1) is 0 Å². The summed E-state index contributed by atoms with van der Waals surface area (Å²) in [4.78, 5) is 10.1. The van der Waals surface area contributed by atoms with Crippen molar-refractivity contribution in [3.8, 4) is 0 Å². The van der Waals surface area contributed by atoms with E-state index >= 15 is 0 Å². The topological polar surface area (TPSA) is 48.6 Å². The number of benzene rings is 1. The number of aldehydes is 1. The molecule has 54 valence electrons. The van der Waals surface area contributed by atoms with E-state index in [1.54, 1.807) is 0 Å². The Bertz CT molecular complexity index is 201. The van der Waals surface area contributed by atoms with Crippen molar-refractivity contribution in [2.24, 2.45) is 0 Å². The fraction of sp³-hybridized carbons (Fsp3) is 0.125. The second kappa shape index (κ2) is 3.80. The van der Waals surface area contributed by atoms with E-state index < -0.39 is 0 Å². The standard InChI is InChI=1S/C8H8O.H2O/c1-7-2-4-8(6-9)5-3-7;/h2-6H,1H3;1H2. The van der Waals surface area contributed by atoms with E-state index in [9.17, 15) is 4.79 Å². The molecule has 0 atom stereocenters. The first-order valence-electron chi connectivity index (χ1n) is 2.85. The lowest BCUT2D eigenvalue weighted by molar-refractivity contribution is 0.112. The van der Waals surface area contributed by atoms with Crippen molar-refractivity contribution in [1.29, 1.82) is 0 Å². The number of rotatable bonds is 1. The number of hydrogen-bond donors (Lipinski definition) is 0. The smallest absolute Gasteiger partial charge is 0.150 e. The highest BCUT2D eigenvalue weighted by molar-refractivity contribution is 5.74. The molecule has 0 aliphatic heterocycles. The van der Waals surface area contributed by atoms with Gasteiger partial charge in [-0.05, 0) is 6.92 Å². The zero-order valence-corrected chi connectivity index (χ0v) is 5.79. The summed E-state index contributed by atoms with van der Waals surface area (Å²) >= 11 is 0. The summed E-state index contributed by atoms with van der Waals surface area (Å²) in [7, 11) is 0. The first-order valence-corrected chi connectivity index (χ1v) is 2.85. The maximum atomic E-state index is 10.1. The Labute approximate surface area is 59.8 Å². The quantitative estimate of drug-likeness (QED) is 0.533. The summed E-state index contributed by atoms with van der Waals surface area (Å²) in [5.74, 6) is 0. The summed E-state index contributed by atoms with van der Waals surface area (Å²) in [6.07, 6.45) is 0.847. The molecule has 0 saturated carbocycles. The van der Waals surface area contributed by atoms with Crippen LogP contribution < -0.4 is 0 Å². The van der Waals surface area contributed by atoms with Crippen LogP contribution in [0.5, 0.6) is 0 Å². The van der Waals surface area contributed by atoms with Gasteiger partial charge in [0.2, 0.25) is 0 Å². The maximum absolute atomic E-state index is 10.1. The Morgan fingerprint density at radius 1 is 1.20 bits per heavy atom. The summed E-state index contributed by atoms with van der Waals surface area (Å²) in [6, 6.07) is 7.46. The Kier molecular flexibility index (Phi) is 3.36. The van der Waals surface area contributed by atoms with Crippen LogP contribution in [0.15, 0.2) is 24.3 Å². The maximum Gasteiger partial charge on any atom is 0.150 e. The molecular weight excluding hydrogens is 128 g/mol. The Balaban J connectivity index is 0.000000810. The van der Waals surface area contributed by atoms with Crippen molar-refractivity contribution < 1.29 is 10.3 Å². The predicted molar refractivity (Wildman–Crippen MR) is 40.2 cm³/mol. The molecule has 1 aromatic carbocycles. The molecular formula is C8H10O2. The van der Waals surface area contributed by atoms with Gasteiger partial charge in [-0.3, -0.25) is 4.79 Å². The molecule has 0 aromatic heterocycles. The van der Waals surface area contributed by atoms with Gasteiger partial charge in [0.25, 0.3) is 0 Å². The highest BCUT2D eigenvalue weighted by atomic mass is 16.1. The second-order valence-electron chi connectivity index (χ2n) is 2.03.